The Bertz CT molecular complexity index is 161. The van der Waals surface area contributed by atoms with Crippen molar-refractivity contribution in [3.63, 3.8) is 0 Å². The molecule has 0 spiro atoms. The van der Waals surface area contributed by atoms with Crippen LogP contribution in [0.15, 0.2) is 0 Å². The zero-order chi connectivity index (χ0) is 11.6. The van der Waals surface area contributed by atoms with Crippen LogP contribution in [0.1, 0.15) is 19.3 Å². The van der Waals surface area contributed by atoms with Gasteiger partial charge >= 0.3 is 0 Å². The number of piperidine rings is 1. The minimum absolute atomic E-state index is 0.699. The first-order valence-electron chi connectivity index (χ1n) is 6.32. The minimum Gasteiger partial charge on any atom is -0.382 e. The molecule has 1 N–H and O–H groups in total. The van der Waals surface area contributed by atoms with Gasteiger partial charge < -0.3 is 19.7 Å². The first-order valence-corrected chi connectivity index (χ1v) is 6.32. The van der Waals surface area contributed by atoms with Crippen molar-refractivity contribution >= 4 is 0 Å². The van der Waals surface area contributed by atoms with Crippen LogP contribution in [0.4, 0.5) is 0 Å². The fourth-order valence-electron chi connectivity index (χ4n) is 2.09. The number of methoxy groups -OCH3 is 1. The molecule has 4 heteroatoms. The van der Waals surface area contributed by atoms with Gasteiger partial charge in [-0.25, -0.2) is 0 Å². The second-order valence-corrected chi connectivity index (χ2v) is 4.42. The van der Waals surface area contributed by atoms with Crippen LogP contribution in [-0.4, -0.2) is 64.6 Å². The number of nitrogens with zero attached hydrogens (tertiary/aromatic N) is 1. The first kappa shape index (κ1) is 13.9. The maximum absolute atomic E-state index is 5.45. The van der Waals surface area contributed by atoms with Crippen molar-refractivity contribution in [1.29, 1.82) is 0 Å². The predicted octanol–water partition coefficient (Wildman–Crippen LogP) is 0.723. The van der Waals surface area contributed by atoms with Crippen molar-refractivity contribution in [3.8, 4) is 0 Å². The largest absolute Gasteiger partial charge is 0.382 e. The van der Waals surface area contributed by atoms with E-state index in [4.69, 9.17) is 9.47 Å². The molecule has 1 aliphatic heterocycles. The SMILES string of the molecule is COCCOCCCN(C)C1CCNCC1. The summed E-state index contributed by atoms with van der Waals surface area (Å²) in [5, 5.41) is 3.39. The van der Waals surface area contributed by atoms with Gasteiger partial charge in [0, 0.05) is 26.3 Å². The Morgan fingerprint density at radius 3 is 2.62 bits per heavy atom. The van der Waals surface area contributed by atoms with Crippen LogP contribution < -0.4 is 5.32 Å². The van der Waals surface area contributed by atoms with E-state index in [1.54, 1.807) is 7.11 Å². The average molecular weight is 230 g/mol. The van der Waals surface area contributed by atoms with E-state index in [1.165, 1.54) is 25.9 Å². The van der Waals surface area contributed by atoms with Gasteiger partial charge in [0.1, 0.15) is 0 Å². The van der Waals surface area contributed by atoms with Gasteiger partial charge in [0.15, 0.2) is 0 Å². The summed E-state index contributed by atoms with van der Waals surface area (Å²) in [7, 11) is 3.93. The number of ether oxygens (including phenoxy) is 2. The Morgan fingerprint density at radius 1 is 1.19 bits per heavy atom. The Kier molecular flexibility index (Phi) is 7.76. The standard InChI is InChI=1S/C12H26N2O2/c1-14(12-4-6-13-7-5-12)8-3-9-16-11-10-15-2/h12-13H,3-11H2,1-2H3. The molecule has 0 unspecified atom stereocenters. The Balaban J connectivity index is 1.94. The molecule has 0 atom stereocenters. The van der Waals surface area contributed by atoms with Crippen LogP contribution >= 0.6 is 0 Å². The maximum Gasteiger partial charge on any atom is 0.0700 e. The molecule has 4 nitrogen and oxygen atoms in total. The first-order chi connectivity index (χ1) is 7.84. The molecule has 0 aromatic heterocycles. The number of rotatable bonds is 8. The molecule has 0 aromatic rings. The van der Waals surface area contributed by atoms with Crippen molar-refractivity contribution in [3.05, 3.63) is 0 Å². The highest BCUT2D eigenvalue weighted by Gasteiger charge is 2.16. The molecular formula is C12H26N2O2. The Morgan fingerprint density at radius 2 is 1.94 bits per heavy atom. The number of hydrogen-bond acceptors (Lipinski definition) is 4. The molecule has 1 saturated heterocycles. The fourth-order valence-corrected chi connectivity index (χ4v) is 2.09. The van der Waals surface area contributed by atoms with Crippen molar-refractivity contribution < 1.29 is 9.47 Å². The summed E-state index contributed by atoms with van der Waals surface area (Å²) < 4.78 is 10.4. The van der Waals surface area contributed by atoms with Gasteiger partial charge in [0.25, 0.3) is 0 Å². The van der Waals surface area contributed by atoms with E-state index in [-0.39, 0.29) is 0 Å². The molecule has 0 saturated carbocycles. The summed E-state index contributed by atoms with van der Waals surface area (Å²) in [6, 6.07) is 0.764. The van der Waals surface area contributed by atoms with E-state index in [0.29, 0.717) is 13.2 Å². The smallest absolute Gasteiger partial charge is 0.0700 e. The van der Waals surface area contributed by atoms with Crippen LogP contribution in [0.5, 0.6) is 0 Å². The summed E-state index contributed by atoms with van der Waals surface area (Å²) in [6.07, 6.45) is 3.67. The van der Waals surface area contributed by atoms with Crippen LogP contribution in [0, 0.1) is 0 Å². The lowest BCUT2D eigenvalue weighted by atomic mass is 10.1. The summed E-state index contributed by atoms with van der Waals surface area (Å²) in [4.78, 5) is 2.47. The van der Waals surface area contributed by atoms with Crippen molar-refractivity contribution in [1.82, 2.24) is 10.2 Å². The fraction of sp³-hybridized carbons (Fsp3) is 1.00. The summed E-state index contributed by atoms with van der Waals surface area (Å²) >= 11 is 0. The molecule has 16 heavy (non-hydrogen) atoms. The lowest BCUT2D eigenvalue weighted by molar-refractivity contribution is 0.0635. The predicted molar refractivity (Wildman–Crippen MR) is 65.8 cm³/mol. The summed E-state index contributed by atoms with van der Waals surface area (Å²) in [5.74, 6) is 0. The van der Waals surface area contributed by atoms with Crippen molar-refractivity contribution in [2.45, 2.75) is 25.3 Å². The third kappa shape index (κ3) is 5.80. The lowest BCUT2D eigenvalue weighted by Gasteiger charge is -2.31. The van der Waals surface area contributed by atoms with Gasteiger partial charge in [-0.15, -0.1) is 0 Å². The molecule has 1 aliphatic rings. The molecule has 1 fully saturated rings. The van der Waals surface area contributed by atoms with E-state index in [0.717, 1.165) is 25.6 Å². The van der Waals surface area contributed by atoms with Gasteiger partial charge in [-0.3, -0.25) is 0 Å². The van der Waals surface area contributed by atoms with E-state index in [2.05, 4.69) is 17.3 Å². The molecular weight excluding hydrogens is 204 g/mol. The summed E-state index contributed by atoms with van der Waals surface area (Å²) in [6.45, 7) is 5.73. The normalized spacial score (nSPS) is 18.2. The molecule has 0 amide bonds. The third-order valence-corrected chi connectivity index (χ3v) is 3.16. The minimum atomic E-state index is 0.699. The monoisotopic (exact) mass is 230 g/mol. The van der Waals surface area contributed by atoms with Crippen LogP contribution in [0.25, 0.3) is 0 Å². The van der Waals surface area contributed by atoms with Gasteiger partial charge in [0.05, 0.1) is 13.2 Å². The molecule has 0 radical (unpaired) electrons. The molecule has 1 heterocycles. The average Bonchev–Trinajstić information content (AvgIpc) is 2.34. The highest BCUT2D eigenvalue weighted by Crippen LogP contribution is 2.09. The molecule has 0 aromatic carbocycles. The lowest BCUT2D eigenvalue weighted by Crippen LogP contribution is -2.41. The third-order valence-electron chi connectivity index (χ3n) is 3.16. The highest BCUT2D eigenvalue weighted by molar-refractivity contribution is 4.75. The van der Waals surface area contributed by atoms with Gasteiger partial charge in [-0.1, -0.05) is 0 Å². The van der Waals surface area contributed by atoms with Crippen molar-refractivity contribution in [2.75, 3.05) is 53.6 Å². The zero-order valence-corrected chi connectivity index (χ0v) is 10.7. The Hall–Kier alpha value is -0.160. The number of hydrogen-bond donors (Lipinski definition) is 1. The second-order valence-electron chi connectivity index (χ2n) is 4.42. The molecule has 0 bridgehead atoms. The van der Waals surface area contributed by atoms with Crippen LogP contribution in [0.3, 0.4) is 0 Å². The number of nitrogens with one attached hydrogen (secondary N) is 1. The van der Waals surface area contributed by atoms with Crippen molar-refractivity contribution in [2.24, 2.45) is 0 Å². The quantitative estimate of drug-likeness (QED) is 0.623. The van der Waals surface area contributed by atoms with E-state index < -0.39 is 0 Å². The van der Waals surface area contributed by atoms with E-state index in [9.17, 15) is 0 Å². The maximum atomic E-state index is 5.45. The molecule has 96 valence electrons. The second kappa shape index (κ2) is 8.93. The van der Waals surface area contributed by atoms with Gasteiger partial charge in [-0.2, -0.15) is 0 Å². The Labute approximate surface area is 99.3 Å². The molecule has 1 rings (SSSR count). The molecule has 0 aliphatic carbocycles. The summed E-state index contributed by atoms with van der Waals surface area (Å²) in [5.41, 5.74) is 0. The van der Waals surface area contributed by atoms with Gasteiger partial charge in [-0.05, 0) is 39.4 Å². The topological polar surface area (TPSA) is 33.7 Å². The van der Waals surface area contributed by atoms with Crippen LogP contribution in [-0.2, 0) is 9.47 Å². The van der Waals surface area contributed by atoms with Crippen LogP contribution in [0.2, 0.25) is 0 Å². The van der Waals surface area contributed by atoms with Gasteiger partial charge in [0.2, 0.25) is 0 Å². The van der Waals surface area contributed by atoms with E-state index >= 15 is 0 Å². The zero-order valence-electron chi connectivity index (χ0n) is 10.7. The highest BCUT2D eigenvalue weighted by atomic mass is 16.5. The van der Waals surface area contributed by atoms with E-state index in [1.807, 2.05) is 0 Å².